The number of nitrogens with one attached hydrogen (secondary N) is 2. The van der Waals surface area contributed by atoms with Crippen LogP contribution in [0, 0.1) is 6.92 Å². The number of rotatable bonds is 7. The first-order valence-corrected chi connectivity index (χ1v) is 8.78. The van der Waals surface area contributed by atoms with E-state index in [4.69, 9.17) is 0 Å². The third kappa shape index (κ3) is 4.45. The highest BCUT2D eigenvalue weighted by Crippen LogP contribution is 2.13. The van der Waals surface area contributed by atoms with Crippen molar-refractivity contribution in [3.8, 4) is 0 Å². The third-order valence-electron chi connectivity index (χ3n) is 2.58. The Hall–Kier alpha value is -1.58. The van der Waals surface area contributed by atoms with Crippen LogP contribution in [0.3, 0.4) is 0 Å². The number of anilines is 1. The zero-order valence-corrected chi connectivity index (χ0v) is 13.5. The van der Waals surface area contributed by atoms with Crippen LogP contribution in [0.1, 0.15) is 23.2 Å². The van der Waals surface area contributed by atoms with Crippen molar-refractivity contribution in [1.82, 2.24) is 19.7 Å². The first kappa shape index (κ1) is 15.8. The fraction of sp³-hybridized carbons (Fsp3) is 0.417. The van der Waals surface area contributed by atoms with Gasteiger partial charge in [-0.1, -0.05) is 6.92 Å². The zero-order chi connectivity index (χ0) is 15.3. The summed E-state index contributed by atoms with van der Waals surface area (Å²) in [5.41, 5.74) is 0. The number of aromatic nitrogens is 3. The average Bonchev–Trinajstić information content (AvgIpc) is 2.89. The maximum atomic E-state index is 12.1. The van der Waals surface area contributed by atoms with E-state index in [1.807, 2.05) is 13.8 Å². The van der Waals surface area contributed by atoms with E-state index in [1.54, 1.807) is 6.20 Å². The summed E-state index contributed by atoms with van der Waals surface area (Å²) < 4.78 is 26.7. The molecule has 2 heterocycles. The summed E-state index contributed by atoms with van der Waals surface area (Å²) in [7, 11) is -3.61. The lowest BCUT2D eigenvalue weighted by molar-refractivity contribution is 0.581. The Balaban J connectivity index is 2.01. The molecule has 2 N–H and O–H groups in total. The molecule has 2 aromatic rings. The van der Waals surface area contributed by atoms with Crippen molar-refractivity contribution < 1.29 is 8.42 Å². The summed E-state index contributed by atoms with van der Waals surface area (Å²) in [5.74, 6) is 0.425. The van der Waals surface area contributed by atoms with Crippen LogP contribution in [-0.4, -0.2) is 29.9 Å². The zero-order valence-electron chi connectivity index (χ0n) is 11.8. The Kier molecular flexibility index (Phi) is 5.21. The highest BCUT2D eigenvalue weighted by Gasteiger charge is 2.15. The van der Waals surface area contributed by atoms with Crippen LogP contribution >= 0.6 is 11.3 Å². The number of thiazole rings is 1. The molecule has 9 heteroatoms. The summed E-state index contributed by atoms with van der Waals surface area (Å²) in [6.45, 7) is 4.86. The van der Waals surface area contributed by atoms with E-state index in [0.29, 0.717) is 5.95 Å². The number of nitrogens with zero attached hydrogens (tertiary/aromatic N) is 3. The molecule has 0 bridgehead atoms. The van der Waals surface area contributed by atoms with Crippen LogP contribution in [-0.2, 0) is 16.6 Å². The molecule has 2 aromatic heterocycles. The summed E-state index contributed by atoms with van der Waals surface area (Å²) in [6, 6.07) is 0. The van der Waals surface area contributed by atoms with Crippen molar-refractivity contribution in [2.45, 2.75) is 31.7 Å². The quantitative estimate of drug-likeness (QED) is 0.801. The number of sulfonamides is 1. The molecule has 7 nitrogen and oxygen atoms in total. The maximum Gasteiger partial charge on any atom is 0.243 e. The van der Waals surface area contributed by atoms with Crippen molar-refractivity contribution in [3.05, 3.63) is 28.5 Å². The molecule has 0 aliphatic heterocycles. The number of aryl methyl sites for hydroxylation is 1. The van der Waals surface area contributed by atoms with Gasteiger partial charge in [-0.3, -0.25) is 0 Å². The summed E-state index contributed by atoms with van der Waals surface area (Å²) in [4.78, 5) is 13.0. The van der Waals surface area contributed by atoms with E-state index < -0.39 is 10.0 Å². The average molecular weight is 327 g/mol. The molecule has 0 aliphatic carbocycles. The van der Waals surface area contributed by atoms with Crippen LogP contribution < -0.4 is 10.0 Å². The van der Waals surface area contributed by atoms with Gasteiger partial charge in [-0.05, 0) is 13.3 Å². The highest BCUT2D eigenvalue weighted by atomic mass is 32.2. The second kappa shape index (κ2) is 6.92. The molecule has 0 saturated heterocycles. The fourth-order valence-electron chi connectivity index (χ4n) is 1.52. The van der Waals surface area contributed by atoms with Gasteiger partial charge in [0.1, 0.15) is 4.90 Å². The van der Waals surface area contributed by atoms with Crippen molar-refractivity contribution in [3.63, 3.8) is 0 Å². The van der Waals surface area contributed by atoms with E-state index in [-0.39, 0.29) is 11.4 Å². The Morgan fingerprint density at radius 2 is 1.90 bits per heavy atom. The second-order valence-electron chi connectivity index (χ2n) is 4.34. The van der Waals surface area contributed by atoms with Crippen LogP contribution in [0.4, 0.5) is 5.95 Å². The predicted molar refractivity (Wildman–Crippen MR) is 81.7 cm³/mol. The van der Waals surface area contributed by atoms with Gasteiger partial charge < -0.3 is 5.32 Å². The van der Waals surface area contributed by atoms with Gasteiger partial charge >= 0.3 is 0 Å². The molecule has 2 rings (SSSR count). The van der Waals surface area contributed by atoms with Gasteiger partial charge in [0.25, 0.3) is 0 Å². The molecule has 0 amide bonds. The first-order valence-electron chi connectivity index (χ1n) is 6.48. The van der Waals surface area contributed by atoms with Crippen molar-refractivity contribution in [2.24, 2.45) is 0 Å². The number of hydrogen-bond acceptors (Lipinski definition) is 7. The maximum absolute atomic E-state index is 12.1. The molecule has 0 radical (unpaired) electrons. The normalized spacial score (nSPS) is 11.5. The molecule has 114 valence electrons. The van der Waals surface area contributed by atoms with E-state index in [9.17, 15) is 8.42 Å². The molecule has 21 heavy (non-hydrogen) atoms. The lowest BCUT2D eigenvalue weighted by atomic mass is 10.5. The molecule has 0 saturated carbocycles. The highest BCUT2D eigenvalue weighted by molar-refractivity contribution is 7.89. The third-order valence-corrected chi connectivity index (χ3v) is 4.85. The lowest BCUT2D eigenvalue weighted by Crippen LogP contribution is -2.23. The first-order chi connectivity index (χ1) is 10.0. The molecule has 0 unspecified atom stereocenters. The van der Waals surface area contributed by atoms with Gasteiger partial charge in [0, 0.05) is 24.2 Å². The monoisotopic (exact) mass is 327 g/mol. The van der Waals surface area contributed by atoms with Crippen LogP contribution in [0.15, 0.2) is 23.5 Å². The summed E-state index contributed by atoms with van der Waals surface area (Å²) in [6.07, 6.45) is 5.20. The standard InChI is InChI=1S/C12H17N5O2S2/c1-3-4-13-12-15-7-11(8-16-12)21(18,19)17-6-10-5-14-9(2)20-10/h5,7-8,17H,3-4,6H2,1-2H3,(H,13,15,16). The summed E-state index contributed by atoms with van der Waals surface area (Å²) >= 11 is 1.46. The van der Waals surface area contributed by atoms with E-state index >= 15 is 0 Å². The topological polar surface area (TPSA) is 96.9 Å². The van der Waals surface area contributed by atoms with Crippen molar-refractivity contribution in [2.75, 3.05) is 11.9 Å². The minimum Gasteiger partial charge on any atom is -0.354 e. The van der Waals surface area contributed by atoms with Gasteiger partial charge in [0.2, 0.25) is 16.0 Å². The van der Waals surface area contributed by atoms with Crippen LogP contribution in [0.25, 0.3) is 0 Å². The minimum absolute atomic E-state index is 0.0470. The van der Waals surface area contributed by atoms with E-state index in [2.05, 4.69) is 25.0 Å². The lowest BCUT2D eigenvalue weighted by Gasteiger charge is -2.06. The van der Waals surface area contributed by atoms with Gasteiger partial charge in [0.05, 0.1) is 17.4 Å². The summed E-state index contributed by atoms with van der Waals surface area (Å²) in [5, 5.41) is 3.89. The number of hydrogen-bond donors (Lipinski definition) is 2. The molecule has 0 atom stereocenters. The van der Waals surface area contributed by atoms with Crippen LogP contribution in [0.5, 0.6) is 0 Å². The van der Waals surface area contributed by atoms with Gasteiger partial charge in [-0.15, -0.1) is 11.3 Å². The Morgan fingerprint density at radius 1 is 1.19 bits per heavy atom. The molecule has 0 aliphatic rings. The Morgan fingerprint density at radius 3 is 2.48 bits per heavy atom. The molecular weight excluding hydrogens is 310 g/mol. The largest absolute Gasteiger partial charge is 0.354 e. The second-order valence-corrected chi connectivity index (χ2v) is 7.43. The SMILES string of the molecule is CCCNc1ncc(S(=O)(=O)NCc2cnc(C)s2)cn1. The molecular formula is C12H17N5O2S2. The molecule has 0 aromatic carbocycles. The Bertz CT molecular complexity index is 682. The van der Waals surface area contributed by atoms with E-state index in [1.165, 1.54) is 23.7 Å². The molecule has 0 spiro atoms. The smallest absolute Gasteiger partial charge is 0.243 e. The van der Waals surface area contributed by atoms with E-state index in [0.717, 1.165) is 22.9 Å². The van der Waals surface area contributed by atoms with Gasteiger partial charge in [0.15, 0.2) is 0 Å². The van der Waals surface area contributed by atoms with Crippen molar-refractivity contribution >= 4 is 27.3 Å². The predicted octanol–water partition coefficient (Wildman–Crippen LogP) is 1.54. The minimum atomic E-state index is -3.61. The van der Waals surface area contributed by atoms with Crippen molar-refractivity contribution in [1.29, 1.82) is 0 Å². The van der Waals surface area contributed by atoms with Gasteiger partial charge in [-0.2, -0.15) is 0 Å². The van der Waals surface area contributed by atoms with Gasteiger partial charge in [-0.25, -0.2) is 28.1 Å². The Labute approximate surface area is 127 Å². The molecule has 0 fully saturated rings. The van der Waals surface area contributed by atoms with Crippen LogP contribution in [0.2, 0.25) is 0 Å². The fourth-order valence-corrected chi connectivity index (χ4v) is 3.24.